The minimum absolute atomic E-state index is 0.0836. The van der Waals surface area contributed by atoms with Gasteiger partial charge in [-0.1, -0.05) is 86.6 Å². The fraction of sp³-hybridized carbons (Fsp3) is 0.380. The summed E-state index contributed by atoms with van der Waals surface area (Å²) in [6.07, 6.45) is -2.06. The summed E-state index contributed by atoms with van der Waals surface area (Å²) in [6, 6.07) is 26.2. The molecule has 3 aliphatic heterocycles. The number of anilines is 1. The standard InChI is InChI=1S/C50H55N7O9/c1-30(2)27-40-45(61)56-39-25-14-11-21-34(39)50(64,28-37-41-52-35-22-12-9-19-32(35)43(59)55(41)38-24-13-10-20-33(38)42(58)53-37)46(56)57(40)44(60)36(54-48(63)66-49(3,4)5)23-15-16-26-51-47(62)65-29-31-17-7-6-8-18-31/h6-14,17-22,24-25,30,36-37,40,46,64H,15-16,23,26-29H2,1-5H3,(H,51,62)(H,53,58)(H,54,63)/t36?,37-,40-,46+,50-/m0/s1. The van der Waals surface area contributed by atoms with Gasteiger partial charge in [-0.25, -0.2) is 14.6 Å². The van der Waals surface area contributed by atoms with E-state index in [2.05, 4.69) is 16.0 Å². The number of nitrogens with zero attached hydrogens (tertiary/aromatic N) is 4. The molecule has 344 valence electrons. The molecule has 0 spiro atoms. The molecule has 0 radical (unpaired) electrons. The number of hydrogen-bond acceptors (Lipinski definition) is 10. The van der Waals surface area contributed by atoms with Gasteiger partial charge in [0.25, 0.3) is 17.4 Å². The lowest BCUT2D eigenvalue weighted by molar-refractivity contribution is -0.145. The van der Waals surface area contributed by atoms with Crippen molar-refractivity contribution >= 4 is 46.5 Å². The number of amides is 5. The lowest BCUT2D eigenvalue weighted by Gasteiger charge is -2.40. The van der Waals surface area contributed by atoms with Crippen LogP contribution in [-0.4, -0.2) is 79.9 Å². The Morgan fingerprint density at radius 2 is 1.55 bits per heavy atom. The SMILES string of the molecule is CC(C)C[C@H]1C(=O)N2c3ccccc3[C@@](O)(C[C@@H]3NC(=O)c4ccccc4-n4c3nc3ccccc3c4=O)[C@H]2N1C(=O)C(CCCCNC(=O)OCc1ccccc1)NC(=O)OC(C)(C)C. The number of hydrogen-bond donors (Lipinski definition) is 4. The highest BCUT2D eigenvalue weighted by Crippen LogP contribution is 2.53. The number of carbonyl (C=O) groups excluding carboxylic acids is 5. The van der Waals surface area contributed by atoms with E-state index in [4.69, 9.17) is 14.5 Å². The molecular weight excluding hydrogens is 843 g/mol. The summed E-state index contributed by atoms with van der Waals surface area (Å²) in [4.78, 5) is 92.7. The Labute approximate surface area is 382 Å². The zero-order valence-corrected chi connectivity index (χ0v) is 37.7. The number of aliphatic hydroxyl groups is 1. The minimum atomic E-state index is -2.07. The second kappa shape index (κ2) is 18.4. The van der Waals surface area contributed by atoms with Crippen LogP contribution in [0.25, 0.3) is 16.6 Å². The lowest BCUT2D eigenvalue weighted by atomic mass is 9.85. The predicted molar refractivity (Wildman–Crippen MR) is 246 cm³/mol. The Hall–Kier alpha value is -7.07. The third-order valence-electron chi connectivity index (χ3n) is 12.1. The molecule has 4 heterocycles. The predicted octanol–water partition coefficient (Wildman–Crippen LogP) is 6.37. The van der Waals surface area contributed by atoms with Crippen LogP contribution in [0.2, 0.25) is 0 Å². The van der Waals surface area contributed by atoms with Gasteiger partial charge in [0.1, 0.15) is 41.9 Å². The lowest BCUT2D eigenvalue weighted by Crippen LogP contribution is -2.59. The smallest absolute Gasteiger partial charge is 0.408 e. The van der Waals surface area contributed by atoms with Gasteiger partial charge in [-0.3, -0.25) is 28.6 Å². The molecule has 0 saturated carbocycles. The molecule has 8 rings (SSSR count). The first-order chi connectivity index (χ1) is 31.6. The average Bonchev–Trinajstić information content (AvgIpc) is 3.66. The second-order valence-corrected chi connectivity index (χ2v) is 18.5. The molecule has 16 nitrogen and oxygen atoms in total. The van der Waals surface area contributed by atoms with Crippen molar-refractivity contribution in [1.82, 2.24) is 30.4 Å². The largest absolute Gasteiger partial charge is 0.445 e. The molecule has 1 aromatic heterocycles. The topological polar surface area (TPSA) is 202 Å². The van der Waals surface area contributed by atoms with E-state index in [0.717, 1.165) is 5.56 Å². The Balaban J connectivity index is 1.15. The molecule has 5 aromatic rings. The molecule has 3 aliphatic rings. The average molecular weight is 898 g/mol. The van der Waals surface area contributed by atoms with E-state index in [-0.39, 0.29) is 49.7 Å². The molecule has 0 aliphatic carbocycles. The summed E-state index contributed by atoms with van der Waals surface area (Å²) in [5, 5.41) is 22.4. The molecule has 16 heteroatoms. The summed E-state index contributed by atoms with van der Waals surface area (Å²) in [7, 11) is 0. The first kappa shape index (κ1) is 45.5. The summed E-state index contributed by atoms with van der Waals surface area (Å²) in [5.41, 5.74) is -0.919. The number of rotatable bonds is 13. The molecular formula is C50H55N7O9. The molecule has 5 atom stereocenters. The van der Waals surface area contributed by atoms with Gasteiger partial charge in [-0.2, -0.15) is 0 Å². The zero-order valence-electron chi connectivity index (χ0n) is 37.7. The van der Waals surface area contributed by atoms with Crippen molar-refractivity contribution in [2.45, 2.75) is 109 Å². The van der Waals surface area contributed by atoms with Crippen LogP contribution in [0, 0.1) is 5.92 Å². The van der Waals surface area contributed by atoms with Crippen molar-refractivity contribution in [2.75, 3.05) is 11.4 Å². The number of aromatic nitrogens is 2. The van der Waals surface area contributed by atoms with Gasteiger partial charge in [0.2, 0.25) is 5.91 Å². The minimum Gasteiger partial charge on any atom is -0.445 e. The van der Waals surface area contributed by atoms with E-state index in [1.165, 1.54) is 14.4 Å². The first-order valence-electron chi connectivity index (χ1n) is 22.4. The zero-order chi connectivity index (χ0) is 46.9. The number of unbranched alkanes of at least 4 members (excludes halogenated alkanes) is 1. The number of fused-ring (bicyclic) bond motifs is 7. The summed E-state index contributed by atoms with van der Waals surface area (Å²) in [6.45, 7) is 9.27. The van der Waals surface area contributed by atoms with Crippen LogP contribution in [0.1, 0.15) is 100 Å². The van der Waals surface area contributed by atoms with Crippen LogP contribution in [0.5, 0.6) is 0 Å². The van der Waals surface area contributed by atoms with Crippen molar-refractivity contribution < 1.29 is 38.6 Å². The summed E-state index contributed by atoms with van der Waals surface area (Å²) < 4.78 is 12.4. The quantitative estimate of drug-likeness (QED) is 0.0963. The molecule has 1 saturated heterocycles. The van der Waals surface area contributed by atoms with Gasteiger partial charge < -0.3 is 35.4 Å². The monoisotopic (exact) mass is 897 g/mol. The number of para-hydroxylation sites is 3. The van der Waals surface area contributed by atoms with E-state index >= 15 is 4.79 Å². The van der Waals surface area contributed by atoms with Crippen LogP contribution < -0.4 is 26.4 Å². The van der Waals surface area contributed by atoms with Crippen LogP contribution in [0.3, 0.4) is 0 Å². The van der Waals surface area contributed by atoms with Crippen molar-refractivity contribution in [1.29, 1.82) is 0 Å². The number of alkyl carbamates (subject to hydrolysis) is 2. The van der Waals surface area contributed by atoms with Crippen molar-refractivity contribution in [3.05, 3.63) is 136 Å². The van der Waals surface area contributed by atoms with Crippen LogP contribution in [-0.2, 0) is 31.3 Å². The van der Waals surface area contributed by atoms with Gasteiger partial charge in [0, 0.05) is 18.5 Å². The molecule has 66 heavy (non-hydrogen) atoms. The molecule has 4 N–H and O–H groups in total. The van der Waals surface area contributed by atoms with E-state index in [0.29, 0.717) is 40.7 Å². The van der Waals surface area contributed by atoms with E-state index in [1.807, 2.05) is 44.2 Å². The Bertz CT molecular complexity index is 2730. The van der Waals surface area contributed by atoms with Gasteiger partial charge in [0.05, 0.1) is 33.9 Å². The fourth-order valence-corrected chi connectivity index (χ4v) is 9.28. The Morgan fingerprint density at radius 3 is 2.29 bits per heavy atom. The maximum Gasteiger partial charge on any atom is 0.408 e. The number of ether oxygens (including phenoxy) is 2. The Kier molecular flexibility index (Phi) is 12.7. The van der Waals surface area contributed by atoms with Crippen molar-refractivity contribution in [3.63, 3.8) is 0 Å². The summed E-state index contributed by atoms with van der Waals surface area (Å²) in [5.74, 6) is -1.49. The van der Waals surface area contributed by atoms with Crippen LogP contribution >= 0.6 is 0 Å². The summed E-state index contributed by atoms with van der Waals surface area (Å²) >= 11 is 0. The second-order valence-electron chi connectivity index (χ2n) is 18.5. The van der Waals surface area contributed by atoms with Gasteiger partial charge in [-0.05, 0) is 88.3 Å². The molecule has 4 aromatic carbocycles. The van der Waals surface area contributed by atoms with Crippen LogP contribution in [0.15, 0.2) is 108 Å². The highest BCUT2D eigenvalue weighted by Gasteiger charge is 2.64. The highest BCUT2D eigenvalue weighted by molar-refractivity contribution is 6.07. The Morgan fingerprint density at radius 1 is 0.864 bits per heavy atom. The molecule has 1 unspecified atom stereocenters. The van der Waals surface area contributed by atoms with Crippen LogP contribution in [0.4, 0.5) is 15.3 Å². The fourth-order valence-electron chi connectivity index (χ4n) is 9.28. The van der Waals surface area contributed by atoms with Crippen molar-refractivity contribution in [3.8, 4) is 5.69 Å². The third-order valence-corrected chi connectivity index (χ3v) is 12.1. The third kappa shape index (κ3) is 8.97. The van der Waals surface area contributed by atoms with E-state index in [9.17, 15) is 29.1 Å². The number of nitrogens with one attached hydrogen (secondary N) is 3. The maximum atomic E-state index is 15.4. The molecule has 0 bridgehead atoms. The van der Waals surface area contributed by atoms with E-state index in [1.54, 1.807) is 93.6 Å². The highest BCUT2D eigenvalue weighted by atomic mass is 16.6. The van der Waals surface area contributed by atoms with Gasteiger partial charge in [0.15, 0.2) is 0 Å². The molecule has 1 fully saturated rings. The number of carbonyl (C=O) groups is 5. The number of benzene rings is 4. The van der Waals surface area contributed by atoms with E-state index < -0.39 is 71.0 Å². The van der Waals surface area contributed by atoms with Crippen molar-refractivity contribution in [2.24, 2.45) is 5.92 Å². The normalized spacial score (nSPS) is 20.1. The van der Waals surface area contributed by atoms with Gasteiger partial charge in [-0.15, -0.1) is 0 Å². The van der Waals surface area contributed by atoms with Gasteiger partial charge >= 0.3 is 12.2 Å². The molecule has 5 amide bonds. The maximum absolute atomic E-state index is 15.4. The first-order valence-corrected chi connectivity index (χ1v) is 22.4.